The number of hydrogen-bond acceptors (Lipinski definition) is 5. The molecule has 0 saturated carbocycles. The first-order valence-corrected chi connectivity index (χ1v) is 7.22. The third kappa shape index (κ3) is 2.31. The van der Waals surface area contributed by atoms with Crippen LogP contribution in [0.4, 0.5) is 13.2 Å². The maximum atomic E-state index is 13.5. The van der Waals surface area contributed by atoms with Gasteiger partial charge in [0.1, 0.15) is 11.5 Å². The molecule has 0 unspecified atom stereocenters. The molecule has 0 radical (unpaired) electrons. The second-order valence-corrected chi connectivity index (χ2v) is 5.81. The third-order valence-corrected chi connectivity index (χ3v) is 4.19. The molecule has 0 spiro atoms. The minimum absolute atomic E-state index is 0.00961. The van der Waals surface area contributed by atoms with Crippen LogP contribution in [0.15, 0.2) is 45.5 Å². The number of rotatable bonds is 2. The smallest absolute Gasteiger partial charge is 0.267 e. The van der Waals surface area contributed by atoms with Crippen LogP contribution < -0.4 is 0 Å². The number of halogens is 3. The molecule has 1 saturated heterocycles. The molecule has 9 heteroatoms. The van der Waals surface area contributed by atoms with Crippen molar-refractivity contribution >= 4 is 15.2 Å². The van der Waals surface area contributed by atoms with Gasteiger partial charge in [-0.15, -0.1) is 10.2 Å². The number of fused-ring (bicyclic) bond motifs is 1. The van der Waals surface area contributed by atoms with Crippen molar-refractivity contribution in [3.05, 3.63) is 35.3 Å². The maximum absolute atomic E-state index is 13.5. The van der Waals surface area contributed by atoms with E-state index in [0.29, 0.717) is 0 Å². The first-order chi connectivity index (χ1) is 9.93. The lowest BCUT2D eigenvalue weighted by molar-refractivity contribution is 0.0142. The standard InChI is InChI=1S/C12H10F3N3O2S/c13-5-7-4-12(14,15)6-18(7)11-10-8(16-17-11)2-1-3-9(10)21(19)20/h1-3,7H,4-6H2/t7-/m1/s1. The summed E-state index contributed by atoms with van der Waals surface area (Å²) in [5, 5.41) is 7.58. The van der Waals surface area contributed by atoms with E-state index in [2.05, 4.69) is 10.2 Å². The Morgan fingerprint density at radius 3 is 2.81 bits per heavy atom. The first-order valence-electron chi connectivity index (χ1n) is 6.15. The molecule has 1 aliphatic carbocycles. The Labute approximate surface area is 119 Å². The van der Waals surface area contributed by atoms with Crippen LogP contribution in [0.5, 0.6) is 0 Å². The van der Waals surface area contributed by atoms with Gasteiger partial charge in [0, 0.05) is 6.42 Å². The molecule has 0 aromatic rings. The molecule has 0 aromatic heterocycles. The summed E-state index contributed by atoms with van der Waals surface area (Å²) in [6.45, 7) is -1.66. The van der Waals surface area contributed by atoms with E-state index in [0.717, 1.165) is 4.90 Å². The molecule has 1 fully saturated rings. The molecular weight excluding hydrogens is 307 g/mol. The number of likely N-dealkylation sites (tertiary alicyclic amines) is 1. The summed E-state index contributed by atoms with van der Waals surface area (Å²) in [5.74, 6) is -3.04. The van der Waals surface area contributed by atoms with Gasteiger partial charge in [0.25, 0.3) is 5.92 Å². The summed E-state index contributed by atoms with van der Waals surface area (Å²) < 4.78 is 62.5. The Morgan fingerprint density at radius 1 is 1.38 bits per heavy atom. The fourth-order valence-electron chi connectivity index (χ4n) is 2.60. The zero-order chi connectivity index (χ0) is 15.2. The van der Waals surface area contributed by atoms with E-state index in [4.69, 9.17) is 0 Å². The van der Waals surface area contributed by atoms with Crippen LogP contribution >= 0.6 is 0 Å². The van der Waals surface area contributed by atoms with Crippen molar-refractivity contribution in [1.29, 1.82) is 0 Å². The van der Waals surface area contributed by atoms with Crippen LogP contribution in [-0.4, -0.2) is 43.4 Å². The largest absolute Gasteiger partial charge is 0.343 e. The topological polar surface area (TPSA) is 62.1 Å². The number of allylic oxidation sites excluding steroid dienone is 4. The van der Waals surface area contributed by atoms with E-state index in [1.165, 1.54) is 18.2 Å². The quantitative estimate of drug-likeness (QED) is 0.730. The van der Waals surface area contributed by atoms with Gasteiger partial charge in [-0.1, -0.05) is 6.08 Å². The fourth-order valence-corrected chi connectivity index (χ4v) is 3.15. The van der Waals surface area contributed by atoms with Crippen molar-refractivity contribution < 1.29 is 21.6 Å². The molecule has 2 heterocycles. The molecule has 2 aliphatic heterocycles. The van der Waals surface area contributed by atoms with E-state index in [9.17, 15) is 21.6 Å². The molecule has 3 aliphatic rings. The predicted octanol–water partition coefficient (Wildman–Crippen LogP) is 1.85. The average molecular weight is 317 g/mol. The van der Waals surface area contributed by atoms with Crippen molar-refractivity contribution in [2.75, 3.05) is 13.2 Å². The third-order valence-electron chi connectivity index (χ3n) is 3.49. The minimum atomic E-state index is -3.03. The zero-order valence-corrected chi connectivity index (χ0v) is 11.4. The zero-order valence-electron chi connectivity index (χ0n) is 10.6. The van der Waals surface area contributed by atoms with Crippen molar-refractivity contribution in [1.82, 2.24) is 4.90 Å². The second-order valence-electron chi connectivity index (χ2n) is 4.90. The van der Waals surface area contributed by atoms with Gasteiger partial charge in [-0.05, 0) is 12.2 Å². The lowest BCUT2D eigenvalue weighted by Crippen LogP contribution is -2.31. The molecule has 0 amide bonds. The fraction of sp³-hybridized carbons (Fsp3) is 0.417. The molecule has 21 heavy (non-hydrogen) atoms. The second kappa shape index (κ2) is 4.83. The molecule has 0 bridgehead atoms. The van der Waals surface area contributed by atoms with E-state index < -0.39 is 41.9 Å². The van der Waals surface area contributed by atoms with Crippen molar-refractivity contribution in [2.45, 2.75) is 18.4 Å². The van der Waals surface area contributed by atoms with Crippen LogP contribution in [0.2, 0.25) is 0 Å². The van der Waals surface area contributed by atoms with Crippen molar-refractivity contribution in [2.24, 2.45) is 10.2 Å². The summed E-state index contributed by atoms with van der Waals surface area (Å²) in [4.78, 5) is 1.02. The molecule has 3 rings (SSSR count). The Kier molecular flexibility index (Phi) is 3.23. The highest BCUT2D eigenvalue weighted by atomic mass is 32.2. The number of alkyl halides is 3. The van der Waals surface area contributed by atoms with E-state index in [1.807, 2.05) is 0 Å². The summed E-state index contributed by atoms with van der Waals surface area (Å²) in [6, 6.07) is -1.03. The average Bonchev–Trinajstić information content (AvgIpc) is 2.98. The highest BCUT2D eigenvalue weighted by Crippen LogP contribution is 2.40. The normalized spacial score (nSPS) is 26.4. The predicted molar refractivity (Wildman–Crippen MR) is 69.1 cm³/mol. The molecule has 5 nitrogen and oxygen atoms in total. The minimum Gasteiger partial charge on any atom is -0.343 e. The lowest BCUT2D eigenvalue weighted by atomic mass is 10.0. The summed E-state index contributed by atoms with van der Waals surface area (Å²) in [5.41, 5.74) is 0.432. The van der Waals surface area contributed by atoms with Gasteiger partial charge in [0.15, 0.2) is 5.82 Å². The van der Waals surface area contributed by atoms with Gasteiger partial charge in [-0.25, -0.2) is 13.2 Å². The number of azo groups is 1. The Morgan fingerprint density at radius 2 is 2.14 bits per heavy atom. The van der Waals surface area contributed by atoms with Gasteiger partial charge in [-0.3, -0.25) is 0 Å². The van der Waals surface area contributed by atoms with Crippen LogP contribution in [-0.2, 0) is 10.3 Å². The first kappa shape index (κ1) is 14.1. The number of hydrogen-bond donors (Lipinski definition) is 0. The van der Waals surface area contributed by atoms with Gasteiger partial charge < -0.3 is 4.90 Å². The maximum Gasteiger partial charge on any atom is 0.267 e. The van der Waals surface area contributed by atoms with Crippen LogP contribution in [0.1, 0.15) is 6.42 Å². The summed E-state index contributed by atoms with van der Waals surface area (Å²) in [7, 11) is -2.56. The molecule has 0 N–H and O–H groups in total. The highest BCUT2D eigenvalue weighted by molar-refractivity contribution is 7.73. The van der Waals surface area contributed by atoms with Crippen molar-refractivity contribution in [3.8, 4) is 0 Å². The van der Waals surface area contributed by atoms with Gasteiger partial charge in [0.05, 0.1) is 23.9 Å². The van der Waals surface area contributed by atoms with Crippen LogP contribution in [0.3, 0.4) is 0 Å². The molecular formula is C12H10F3N3O2S. The summed E-state index contributed by atoms with van der Waals surface area (Å²) in [6.07, 6.45) is 3.72. The van der Waals surface area contributed by atoms with Gasteiger partial charge in [-0.2, -0.15) is 8.42 Å². The Balaban J connectivity index is 2.12. The molecule has 112 valence electrons. The summed E-state index contributed by atoms with van der Waals surface area (Å²) >= 11 is 0. The Bertz CT molecular complexity index is 742. The van der Waals surface area contributed by atoms with E-state index in [1.54, 1.807) is 0 Å². The van der Waals surface area contributed by atoms with Crippen LogP contribution in [0, 0.1) is 0 Å². The van der Waals surface area contributed by atoms with E-state index in [-0.39, 0.29) is 22.0 Å². The van der Waals surface area contributed by atoms with Gasteiger partial charge >= 0.3 is 0 Å². The van der Waals surface area contributed by atoms with Gasteiger partial charge in [0.2, 0.25) is 10.3 Å². The molecule has 1 atom stereocenters. The van der Waals surface area contributed by atoms with E-state index >= 15 is 0 Å². The lowest BCUT2D eigenvalue weighted by Gasteiger charge is -2.23. The number of nitrogens with zero attached hydrogens (tertiary/aromatic N) is 3. The molecule has 0 aromatic carbocycles. The monoisotopic (exact) mass is 317 g/mol. The SMILES string of the molecule is O=S(=O)=C1C=CC=C2N=NC(N3CC(F)(F)C[C@@H]3CF)=C21. The van der Waals surface area contributed by atoms with Crippen LogP contribution in [0.25, 0.3) is 0 Å². The van der Waals surface area contributed by atoms with Crippen molar-refractivity contribution in [3.63, 3.8) is 0 Å². The highest BCUT2D eigenvalue weighted by Gasteiger charge is 2.47. The Hall–Kier alpha value is -1.90.